The van der Waals surface area contributed by atoms with Gasteiger partial charge in [0.25, 0.3) is 5.91 Å². The van der Waals surface area contributed by atoms with Crippen LogP contribution in [-0.4, -0.2) is 60.5 Å². The van der Waals surface area contributed by atoms with Gasteiger partial charge in [0.05, 0.1) is 11.4 Å². The van der Waals surface area contributed by atoms with Crippen LogP contribution in [0.1, 0.15) is 48.7 Å². The number of hydrogen-bond acceptors (Lipinski definition) is 5. The Morgan fingerprint density at radius 1 is 1.03 bits per heavy atom. The highest BCUT2D eigenvalue weighted by Crippen LogP contribution is 2.17. The van der Waals surface area contributed by atoms with Gasteiger partial charge in [0.15, 0.2) is 0 Å². The van der Waals surface area contributed by atoms with Gasteiger partial charge in [-0.3, -0.25) is 9.78 Å². The lowest BCUT2D eigenvalue weighted by Gasteiger charge is -2.25. The minimum atomic E-state index is -0.330. The molecule has 4 N–H and O–H groups in total. The molecule has 0 saturated carbocycles. The summed E-state index contributed by atoms with van der Waals surface area (Å²) in [4.78, 5) is 33.3. The van der Waals surface area contributed by atoms with Gasteiger partial charge in [-0.1, -0.05) is 44.4 Å². The molecule has 1 heterocycles. The topological polar surface area (TPSA) is 104 Å². The molecule has 0 unspecified atom stereocenters. The monoisotopic (exact) mass is 440 g/mol. The molecule has 1 aromatic heterocycles. The number of anilines is 2. The van der Waals surface area contributed by atoms with Crippen LogP contribution in [0.2, 0.25) is 0 Å². The van der Waals surface area contributed by atoms with Crippen molar-refractivity contribution in [2.45, 2.75) is 39.2 Å². The van der Waals surface area contributed by atoms with Crippen molar-refractivity contribution in [2.75, 3.05) is 44.8 Å². The molecule has 0 spiro atoms. The van der Waals surface area contributed by atoms with E-state index in [-0.39, 0.29) is 17.6 Å². The molecule has 0 bridgehead atoms. The van der Waals surface area contributed by atoms with Gasteiger partial charge in [0, 0.05) is 32.4 Å². The molecule has 0 fully saturated rings. The lowest BCUT2D eigenvalue weighted by molar-refractivity contribution is 0.102. The Morgan fingerprint density at radius 2 is 1.81 bits per heavy atom. The first kappa shape index (κ1) is 25.1. The Morgan fingerprint density at radius 3 is 2.47 bits per heavy atom. The molecule has 3 amide bonds. The second-order valence-corrected chi connectivity index (χ2v) is 8.11. The molecular formula is C24H36N6O2. The van der Waals surface area contributed by atoms with E-state index in [0.717, 1.165) is 24.9 Å². The first-order valence-corrected chi connectivity index (χ1v) is 11.2. The van der Waals surface area contributed by atoms with Crippen LogP contribution in [0, 0.1) is 0 Å². The summed E-state index contributed by atoms with van der Waals surface area (Å²) in [6.45, 7) is 4.63. The largest absolute Gasteiger partial charge is 0.397 e. The summed E-state index contributed by atoms with van der Waals surface area (Å²) < 4.78 is 0. The van der Waals surface area contributed by atoms with Gasteiger partial charge in [-0.2, -0.15) is 0 Å². The number of para-hydroxylation sites is 2. The number of benzene rings is 1. The molecule has 0 aliphatic rings. The number of likely N-dealkylation sites (N-methyl/N-ethyl adjacent to an activating group) is 1. The highest BCUT2D eigenvalue weighted by atomic mass is 16.2. The van der Waals surface area contributed by atoms with E-state index in [1.54, 1.807) is 41.4 Å². The minimum Gasteiger partial charge on any atom is -0.397 e. The number of carbonyl (C=O) groups is 2. The molecule has 8 heteroatoms. The van der Waals surface area contributed by atoms with Crippen molar-refractivity contribution >= 4 is 23.3 Å². The van der Waals surface area contributed by atoms with Gasteiger partial charge in [-0.25, -0.2) is 4.79 Å². The molecule has 174 valence electrons. The number of nitrogens with two attached hydrogens (primary N) is 1. The third-order valence-electron chi connectivity index (χ3n) is 5.05. The highest BCUT2D eigenvalue weighted by molar-refractivity contribution is 6.04. The highest BCUT2D eigenvalue weighted by Gasteiger charge is 2.15. The first-order chi connectivity index (χ1) is 15.4. The molecule has 0 saturated heterocycles. The third kappa shape index (κ3) is 8.55. The summed E-state index contributed by atoms with van der Waals surface area (Å²) >= 11 is 0. The van der Waals surface area contributed by atoms with E-state index in [9.17, 15) is 9.59 Å². The van der Waals surface area contributed by atoms with Gasteiger partial charge < -0.3 is 26.2 Å². The second-order valence-electron chi connectivity index (χ2n) is 8.11. The van der Waals surface area contributed by atoms with Crippen LogP contribution < -0.4 is 16.4 Å². The lowest BCUT2D eigenvalue weighted by atomic mass is 10.2. The molecule has 2 aromatic rings. The molecule has 32 heavy (non-hydrogen) atoms. The van der Waals surface area contributed by atoms with E-state index < -0.39 is 0 Å². The second kappa shape index (κ2) is 13.3. The molecule has 0 aliphatic carbocycles. The summed E-state index contributed by atoms with van der Waals surface area (Å²) in [7, 11) is 3.96. The average molecular weight is 441 g/mol. The molecule has 0 atom stereocenters. The summed E-state index contributed by atoms with van der Waals surface area (Å²) in [5.74, 6) is -0.330. The van der Waals surface area contributed by atoms with E-state index >= 15 is 0 Å². The van der Waals surface area contributed by atoms with Crippen molar-refractivity contribution < 1.29 is 9.59 Å². The number of nitrogens with one attached hydrogen (secondary N) is 2. The van der Waals surface area contributed by atoms with Crippen LogP contribution in [0.15, 0.2) is 42.6 Å². The summed E-state index contributed by atoms with van der Waals surface area (Å²) in [5, 5.41) is 5.79. The molecule has 0 aliphatic heterocycles. The Hall–Kier alpha value is -3.13. The summed E-state index contributed by atoms with van der Waals surface area (Å²) in [5.41, 5.74) is 8.08. The molecule has 2 rings (SSSR count). The predicted octanol–water partition coefficient (Wildman–Crippen LogP) is 3.57. The zero-order valence-corrected chi connectivity index (χ0v) is 19.4. The quantitative estimate of drug-likeness (QED) is 0.346. The number of aromatic nitrogens is 1. The zero-order chi connectivity index (χ0) is 23.3. The van der Waals surface area contributed by atoms with E-state index in [1.165, 1.54) is 12.8 Å². The predicted molar refractivity (Wildman–Crippen MR) is 130 cm³/mol. The third-order valence-corrected chi connectivity index (χ3v) is 5.05. The van der Waals surface area contributed by atoms with Crippen LogP contribution in [-0.2, 0) is 6.54 Å². The number of amides is 3. The number of urea groups is 1. The molecular weight excluding hydrogens is 404 g/mol. The number of hydrogen-bond donors (Lipinski definition) is 3. The maximum Gasteiger partial charge on any atom is 0.317 e. The fraction of sp³-hybridized carbons (Fsp3) is 0.458. The maximum absolute atomic E-state index is 12.7. The molecule has 1 aromatic carbocycles. The first-order valence-electron chi connectivity index (χ1n) is 11.2. The van der Waals surface area contributed by atoms with E-state index in [2.05, 4.69) is 22.5 Å². The van der Waals surface area contributed by atoms with Gasteiger partial charge in [0.1, 0.15) is 5.69 Å². The SMILES string of the molecule is CCCCCCNC(=O)N(CCN(C)C)Cc1ccc(C(=O)Nc2ccccc2N)nc1. The smallest absolute Gasteiger partial charge is 0.317 e. The summed E-state index contributed by atoms with van der Waals surface area (Å²) in [6.07, 6.45) is 6.10. The van der Waals surface area contributed by atoms with Crippen LogP contribution >= 0.6 is 0 Å². The Kier molecular flexibility index (Phi) is 10.5. The van der Waals surface area contributed by atoms with Crippen molar-refractivity contribution in [3.05, 3.63) is 53.9 Å². The van der Waals surface area contributed by atoms with Crippen molar-refractivity contribution in [3.8, 4) is 0 Å². The lowest BCUT2D eigenvalue weighted by Crippen LogP contribution is -2.43. The standard InChI is InChI=1S/C24H36N6O2/c1-4-5-6-9-14-26-24(32)30(16-15-29(2)3)18-19-12-13-22(27-17-19)23(31)28-21-11-8-7-10-20(21)25/h7-8,10-13,17H,4-6,9,14-16,18,25H2,1-3H3,(H,26,32)(H,28,31). The zero-order valence-electron chi connectivity index (χ0n) is 19.4. The fourth-order valence-corrected chi connectivity index (χ4v) is 3.10. The molecule has 0 radical (unpaired) electrons. The average Bonchev–Trinajstić information content (AvgIpc) is 2.78. The van der Waals surface area contributed by atoms with Gasteiger partial charge >= 0.3 is 6.03 Å². The van der Waals surface area contributed by atoms with E-state index in [4.69, 9.17) is 5.73 Å². The molecule has 8 nitrogen and oxygen atoms in total. The Labute approximate surface area is 191 Å². The van der Waals surface area contributed by atoms with Crippen molar-refractivity contribution in [1.82, 2.24) is 20.1 Å². The van der Waals surface area contributed by atoms with Crippen LogP contribution in [0.25, 0.3) is 0 Å². The van der Waals surface area contributed by atoms with Crippen molar-refractivity contribution in [3.63, 3.8) is 0 Å². The van der Waals surface area contributed by atoms with Gasteiger partial charge in [0.2, 0.25) is 0 Å². The number of carbonyl (C=O) groups excluding carboxylic acids is 2. The minimum absolute atomic E-state index is 0.0790. The normalized spacial score (nSPS) is 10.8. The number of pyridine rings is 1. The van der Waals surface area contributed by atoms with Gasteiger partial charge in [-0.15, -0.1) is 0 Å². The van der Waals surface area contributed by atoms with Gasteiger partial charge in [-0.05, 0) is 44.3 Å². The van der Waals surface area contributed by atoms with Crippen molar-refractivity contribution in [1.29, 1.82) is 0 Å². The maximum atomic E-state index is 12.7. The fourth-order valence-electron chi connectivity index (χ4n) is 3.10. The van der Waals surface area contributed by atoms with E-state index in [1.807, 2.05) is 25.1 Å². The van der Waals surface area contributed by atoms with Crippen LogP contribution in [0.3, 0.4) is 0 Å². The number of nitrogens with zero attached hydrogens (tertiary/aromatic N) is 3. The number of rotatable bonds is 12. The van der Waals surface area contributed by atoms with Crippen LogP contribution in [0.4, 0.5) is 16.2 Å². The number of nitrogen functional groups attached to an aromatic ring is 1. The Balaban J connectivity index is 1.97. The number of unbranched alkanes of at least 4 members (excludes halogenated alkanes) is 3. The van der Waals surface area contributed by atoms with Crippen LogP contribution in [0.5, 0.6) is 0 Å². The van der Waals surface area contributed by atoms with E-state index in [0.29, 0.717) is 31.0 Å². The van der Waals surface area contributed by atoms with Crippen molar-refractivity contribution in [2.24, 2.45) is 0 Å². The summed E-state index contributed by atoms with van der Waals surface area (Å²) in [6, 6.07) is 10.5. The Bertz CT molecular complexity index is 854.